The maximum Gasteiger partial charge on any atom is 0.175 e. The van der Waals surface area contributed by atoms with Gasteiger partial charge in [0.1, 0.15) is 12.4 Å². The lowest BCUT2D eigenvalue weighted by atomic mass is 10.0. The van der Waals surface area contributed by atoms with Gasteiger partial charge in [-0.1, -0.05) is 36.4 Å². The molecule has 0 aromatic heterocycles. The van der Waals surface area contributed by atoms with Crippen LogP contribution in [0.15, 0.2) is 65.1 Å². The van der Waals surface area contributed by atoms with Gasteiger partial charge < -0.3 is 19.4 Å². The number of rotatable bonds is 7. The molecule has 0 aliphatic rings. The lowest BCUT2D eigenvalue weighted by Crippen LogP contribution is -2.21. The predicted octanol–water partition coefficient (Wildman–Crippen LogP) is 4.60. The second-order valence-electron chi connectivity index (χ2n) is 6.49. The molecule has 0 radical (unpaired) electrons. The average molecular weight is 481 g/mol. The lowest BCUT2D eigenvalue weighted by Gasteiger charge is -2.14. The maximum atomic E-state index is 13.4. The molecule has 3 rings (SSSR count). The molecule has 0 saturated carbocycles. The number of benzene rings is 3. The Balaban J connectivity index is 1.88. The Morgan fingerprint density at radius 2 is 1.87 bits per heavy atom. The Morgan fingerprint density at radius 3 is 2.48 bits per heavy atom. The summed E-state index contributed by atoms with van der Waals surface area (Å²) in [5.74, 6) is -0.747. The first-order chi connectivity index (χ1) is 14.9. The van der Waals surface area contributed by atoms with Gasteiger partial charge in [-0.2, -0.15) is 5.26 Å². The third kappa shape index (κ3) is 5.50. The van der Waals surface area contributed by atoms with Crippen LogP contribution in [0.5, 0.6) is 11.5 Å². The third-order valence-electron chi connectivity index (χ3n) is 4.39. The minimum Gasteiger partial charge on any atom is -0.545 e. The molecule has 7 heteroatoms. The van der Waals surface area contributed by atoms with Crippen LogP contribution in [-0.2, 0) is 6.61 Å². The zero-order valence-corrected chi connectivity index (χ0v) is 18.0. The summed E-state index contributed by atoms with van der Waals surface area (Å²) in [6.07, 6.45) is 1.65. The number of carboxylic acid groups (broad SMARTS) is 1. The molecule has 0 unspecified atom stereocenters. The minimum atomic E-state index is -1.28. The van der Waals surface area contributed by atoms with Crippen LogP contribution in [0.3, 0.4) is 0 Å². The van der Waals surface area contributed by atoms with Crippen molar-refractivity contribution in [1.29, 1.82) is 5.26 Å². The summed E-state index contributed by atoms with van der Waals surface area (Å²) in [4.78, 5) is 10.9. The summed E-state index contributed by atoms with van der Waals surface area (Å²) >= 11 is 3.46. The monoisotopic (exact) mass is 480 g/mol. The first-order valence-electron chi connectivity index (χ1n) is 9.09. The van der Waals surface area contributed by atoms with Gasteiger partial charge in [-0.15, -0.1) is 0 Å². The number of hydrogen-bond acceptors (Lipinski definition) is 5. The number of carboxylic acids is 1. The van der Waals surface area contributed by atoms with E-state index in [9.17, 15) is 19.6 Å². The van der Waals surface area contributed by atoms with E-state index in [-0.39, 0.29) is 18.0 Å². The maximum absolute atomic E-state index is 13.4. The number of nitrogens with zero attached hydrogens (tertiary/aromatic N) is 1. The average Bonchev–Trinajstić information content (AvgIpc) is 2.76. The van der Waals surface area contributed by atoms with Crippen molar-refractivity contribution in [2.75, 3.05) is 7.11 Å². The largest absolute Gasteiger partial charge is 0.545 e. The van der Waals surface area contributed by atoms with Gasteiger partial charge in [0.15, 0.2) is 11.5 Å². The molecule has 3 aromatic rings. The molecule has 156 valence electrons. The highest BCUT2D eigenvalue weighted by Gasteiger charge is 2.13. The van der Waals surface area contributed by atoms with Crippen molar-refractivity contribution in [3.05, 3.63) is 93.2 Å². The molecule has 0 spiro atoms. The van der Waals surface area contributed by atoms with Crippen LogP contribution in [-0.4, -0.2) is 13.1 Å². The Labute approximate surface area is 187 Å². The SMILES string of the molecule is COc1cc(/C=C(\C#N)c2ccc(C(=O)[O-])cc2)cc(Br)c1OCc1cccc(F)c1. The van der Waals surface area contributed by atoms with Crippen LogP contribution in [0.25, 0.3) is 11.6 Å². The van der Waals surface area contributed by atoms with E-state index in [2.05, 4.69) is 22.0 Å². The highest BCUT2D eigenvalue weighted by Crippen LogP contribution is 2.38. The Kier molecular flexibility index (Phi) is 7.06. The number of nitriles is 1. The topological polar surface area (TPSA) is 82.4 Å². The van der Waals surface area contributed by atoms with Gasteiger partial charge in [-0.3, -0.25) is 0 Å². The first-order valence-corrected chi connectivity index (χ1v) is 9.89. The molecule has 3 aromatic carbocycles. The van der Waals surface area contributed by atoms with Crippen molar-refractivity contribution in [1.82, 2.24) is 0 Å². The fourth-order valence-electron chi connectivity index (χ4n) is 2.88. The lowest BCUT2D eigenvalue weighted by molar-refractivity contribution is -0.255. The normalized spacial score (nSPS) is 11.0. The molecule has 0 saturated heterocycles. The van der Waals surface area contributed by atoms with E-state index in [1.807, 2.05) is 0 Å². The van der Waals surface area contributed by atoms with Crippen molar-refractivity contribution in [2.24, 2.45) is 0 Å². The van der Waals surface area contributed by atoms with Gasteiger partial charge in [0.2, 0.25) is 0 Å². The van der Waals surface area contributed by atoms with Gasteiger partial charge in [0.05, 0.1) is 29.2 Å². The van der Waals surface area contributed by atoms with Crippen molar-refractivity contribution < 1.29 is 23.8 Å². The first kappa shape index (κ1) is 22.1. The molecule has 5 nitrogen and oxygen atoms in total. The van der Waals surface area contributed by atoms with E-state index >= 15 is 0 Å². The number of aromatic carboxylic acids is 1. The smallest absolute Gasteiger partial charge is 0.175 e. The molecule has 0 N–H and O–H groups in total. The number of methoxy groups -OCH3 is 1. The van der Waals surface area contributed by atoms with E-state index in [1.165, 1.54) is 31.4 Å². The van der Waals surface area contributed by atoms with Crippen LogP contribution >= 0.6 is 15.9 Å². The van der Waals surface area contributed by atoms with E-state index in [4.69, 9.17) is 9.47 Å². The van der Waals surface area contributed by atoms with Crippen LogP contribution < -0.4 is 14.6 Å². The number of allylic oxidation sites excluding steroid dienone is 1. The fourth-order valence-corrected chi connectivity index (χ4v) is 3.45. The van der Waals surface area contributed by atoms with Crippen molar-refractivity contribution in [3.63, 3.8) is 0 Å². The van der Waals surface area contributed by atoms with E-state index < -0.39 is 5.97 Å². The molecule has 0 bridgehead atoms. The van der Waals surface area contributed by atoms with E-state index in [0.29, 0.717) is 38.2 Å². The van der Waals surface area contributed by atoms with Gasteiger partial charge in [-0.25, -0.2) is 4.39 Å². The molecule has 0 aliphatic carbocycles. The van der Waals surface area contributed by atoms with Crippen LogP contribution in [0.4, 0.5) is 4.39 Å². The third-order valence-corrected chi connectivity index (χ3v) is 4.98. The molecule has 0 atom stereocenters. The van der Waals surface area contributed by atoms with Gasteiger partial charge in [0.25, 0.3) is 0 Å². The van der Waals surface area contributed by atoms with Gasteiger partial charge in [-0.05, 0) is 68.5 Å². The summed E-state index contributed by atoms with van der Waals surface area (Å²) < 4.78 is 25.2. The van der Waals surface area contributed by atoms with E-state index in [0.717, 1.165) is 0 Å². The number of carbonyl (C=O) groups is 1. The zero-order chi connectivity index (χ0) is 22.4. The zero-order valence-electron chi connectivity index (χ0n) is 16.4. The molecular formula is C24H16BrFNO4-. The molecule has 0 aliphatic heterocycles. The second-order valence-corrected chi connectivity index (χ2v) is 7.34. The van der Waals surface area contributed by atoms with Gasteiger partial charge >= 0.3 is 0 Å². The minimum absolute atomic E-state index is 0.0326. The molecular weight excluding hydrogens is 465 g/mol. The Bertz CT molecular complexity index is 1180. The molecule has 31 heavy (non-hydrogen) atoms. The summed E-state index contributed by atoms with van der Waals surface area (Å²) in [6.45, 7) is 0.149. The second kappa shape index (κ2) is 9.92. The van der Waals surface area contributed by atoms with Crippen molar-refractivity contribution in [2.45, 2.75) is 6.61 Å². The summed E-state index contributed by atoms with van der Waals surface area (Å²) in [5, 5.41) is 20.5. The number of carbonyl (C=O) groups excluding carboxylic acids is 1. The van der Waals surface area contributed by atoms with Crippen LogP contribution in [0.1, 0.15) is 27.0 Å². The van der Waals surface area contributed by atoms with Crippen LogP contribution in [0, 0.1) is 17.1 Å². The highest BCUT2D eigenvalue weighted by atomic mass is 79.9. The van der Waals surface area contributed by atoms with E-state index in [1.54, 1.807) is 42.5 Å². The molecule has 0 amide bonds. The number of halogens is 2. The highest BCUT2D eigenvalue weighted by molar-refractivity contribution is 9.10. The summed E-state index contributed by atoms with van der Waals surface area (Å²) in [6, 6.07) is 17.6. The summed E-state index contributed by atoms with van der Waals surface area (Å²) in [5.41, 5.74) is 2.28. The molecule has 0 fully saturated rings. The fraction of sp³-hybridized carbons (Fsp3) is 0.0833. The number of ether oxygens (including phenoxy) is 2. The van der Waals surface area contributed by atoms with Crippen LogP contribution in [0.2, 0.25) is 0 Å². The van der Waals surface area contributed by atoms with Crippen molar-refractivity contribution in [3.8, 4) is 17.6 Å². The predicted molar refractivity (Wildman–Crippen MR) is 116 cm³/mol. The van der Waals surface area contributed by atoms with Gasteiger partial charge in [0, 0.05) is 0 Å². The Morgan fingerprint density at radius 1 is 1.16 bits per heavy atom. The van der Waals surface area contributed by atoms with Crippen molar-refractivity contribution >= 4 is 33.5 Å². The number of hydrogen-bond donors (Lipinski definition) is 0. The standard InChI is InChI=1S/C24H17BrFNO4/c1-30-22-12-16(9-19(13-27)17-5-7-18(8-6-17)24(28)29)11-21(25)23(22)31-14-15-3-2-4-20(26)10-15/h2-12H,14H2,1H3,(H,28,29)/p-1/b19-9+. The Hall–Kier alpha value is -3.63. The quantitative estimate of drug-likeness (QED) is 0.364. The molecule has 0 heterocycles. The summed E-state index contributed by atoms with van der Waals surface area (Å²) in [7, 11) is 1.49.